The lowest BCUT2D eigenvalue weighted by molar-refractivity contribution is -0.118. The molecule has 0 N–H and O–H groups in total. The first-order chi connectivity index (χ1) is 15.0. The number of hydrogen-bond acceptors (Lipinski definition) is 5. The van der Waals surface area contributed by atoms with Gasteiger partial charge in [-0.1, -0.05) is 47.2 Å². The van der Waals surface area contributed by atoms with Crippen LogP contribution in [0.2, 0.25) is 0 Å². The lowest BCUT2D eigenvalue weighted by Gasteiger charge is -2.27. The topological polar surface area (TPSA) is 45.7 Å². The molecule has 0 radical (unpaired) electrons. The highest BCUT2D eigenvalue weighted by atomic mass is 32.1. The fourth-order valence-corrected chi connectivity index (χ4v) is 5.24. The van der Waals surface area contributed by atoms with Crippen molar-refractivity contribution in [3.63, 3.8) is 0 Å². The molecule has 6 heteroatoms. The first-order valence-corrected chi connectivity index (χ1v) is 11.8. The van der Waals surface area contributed by atoms with Gasteiger partial charge in [-0.15, -0.1) is 0 Å². The standard InChI is InChI=1S/C25H31N3O2S/c1-18-6-4-7-21(15-18)17-23(29)28(9-5-8-27-10-12-30-13-11-27)25-26-22-16-19(2)14-20(3)24(22)31-25/h4,6-7,14-16H,5,8-13,17H2,1-3H3. The van der Waals surface area contributed by atoms with Crippen molar-refractivity contribution in [1.29, 1.82) is 0 Å². The van der Waals surface area contributed by atoms with Crippen LogP contribution in [-0.2, 0) is 16.0 Å². The summed E-state index contributed by atoms with van der Waals surface area (Å²) in [6, 6.07) is 12.5. The molecule has 0 saturated carbocycles. The van der Waals surface area contributed by atoms with Gasteiger partial charge in [-0.05, 0) is 49.9 Å². The van der Waals surface area contributed by atoms with Gasteiger partial charge in [0.2, 0.25) is 5.91 Å². The van der Waals surface area contributed by atoms with Crippen LogP contribution in [-0.4, -0.2) is 55.2 Å². The van der Waals surface area contributed by atoms with Crippen LogP contribution < -0.4 is 4.90 Å². The van der Waals surface area contributed by atoms with E-state index >= 15 is 0 Å². The summed E-state index contributed by atoms with van der Waals surface area (Å²) < 4.78 is 6.62. The smallest absolute Gasteiger partial charge is 0.233 e. The van der Waals surface area contributed by atoms with Crippen LogP contribution in [0, 0.1) is 20.8 Å². The van der Waals surface area contributed by atoms with Crippen LogP contribution in [0.5, 0.6) is 0 Å². The molecule has 164 valence electrons. The minimum absolute atomic E-state index is 0.112. The number of fused-ring (bicyclic) bond motifs is 1. The second-order valence-corrected chi connectivity index (χ2v) is 9.42. The fourth-order valence-electron chi connectivity index (χ4n) is 4.18. The van der Waals surface area contributed by atoms with Gasteiger partial charge in [0.05, 0.1) is 29.9 Å². The van der Waals surface area contributed by atoms with Crippen molar-refractivity contribution < 1.29 is 9.53 Å². The molecule has 31 heavy (non-hydrogen) atoms. The first-order valence-electron chi connectivity index (χ1n) is 11.0. The molecule has 0 bridgehead atoms. The highest BCUT2D eigenvalue weighted by molar-refractivity contribution is 7.22. The zero-order valence-electron chi connectivity index (χ0n) is 18.7. The van der Waals surface area contributed by atoms with Crippen molar-refractivity contribution in [3.8, 4) is 0 Å². The number of amides is 1. The molecule has 2 aromatic carbocycles. The number of thiazole rings is 1. The summed E-state index contributed by atoms with van der Waals surface area (Å²) in [7, 11) is 0. The molecule has 1 saturated heterocycles. The van der Waals surface area contributed by atoms with Gasteiger partial charge >= 0.3 is 0 Å². The molecule has 3 aromatic rings. The predicted octanol–water partition coefficient (Wildman–Crippen LogP) is 4.52. The molecule has 1 amide bonds. The normalized spacial score (nSPS) is 14.8. The molecule has 2 heterocycles. The third-order valence-electron chi connectivity index (χ3n) is 5.74. The van der Waals surface area contributed by atoms with Crippen molar-refractivity contribution >= 4 is 32.6 Å². The van der Waals surface area contributed by atoms with Crippen molar-refractivity contribution in [2.45, 2.75) is 33.6 Å². The summed E-state index contributed by atoms with van der Waals surface area (Å²) in [5.74, 6) is 0.112. The summed E-state index contributed by atoms with van der Waals surface area (Å²) in [6.07, 6.45) is 1.32. The molecule has 1 aromatic heterocycles. The van der Waals surface area contributed by atoms with Crippen LogP contribution in [0.15, 0.2) is 36.4 Å². The van der Waals surface area contributed by atoms with Crippen molar-refractivity contribution in [1.82, 2.24) is 9.88 Å². The molecule has 0 atom stereocenters. The highest BCUT2D eigenvalue weighted by Crippen LogP contribution is 2.32. The Bertz CT molecular complexity index is 1060. The Morgan fingerprint density at radius 3 is 2.71 bits per heavy atom. The quantitative estimate of drug-likeness (QED) is 0.545. The van der Waals surface area contributed by atoms with E-state index in [0.717, 1.165) is 55.5 Å². The summed E-state index contributed by atoms with van der Waals surface area (Å²) in [5, 5.41) is 0.809. The summed E-state index contributed by atoms with van der Waals surface area (Å²) >= 11 is 1.63. The van der Waals surface area contributed by atoms with Crippen LogP contribution in [0.1, 0.15) is 28.7 Å². The second kappa shape index (κ2) is 9.90. The molecule has 5 nitrogen and oxygen atoms in total. The minimum atomic E-state index is 0.112. The number of hydrogen-bond donors (Lipinski definition) is 0. The van der Waals surface area contributed by atoms with Crippen molar-refractivity contribution in [2.24, 2.45) is 0 Å². The molecule has 0 unspecified atom stereocenters. The van der Waals surface area contributed by atoms with Gasteiger partial charge in [-0.3, -0.25) is 14.6 Å². The maximum atomic E-state index is 13.4. The van der Waals surface area contributed by atoms with Gasteiger partial charge in [0, 0.05) is 26.2 Å². The number of rotatable bonds is 7. The Kier molecular flexibility index (Phi) is 7.00. The maximum Gasteiger partial charge on any atom is 0.233 e. The van der Waals surface area contributed by atoms with Gasteiger partial charge in [0.25, 0.3) is 0 Å². The van der Waals surface area contributed by atoms with Gasteiger partial charge in [-0.25, -0.2) is 4.98 Å². The Labute approximate surface area is 188 Å². The van der Waals surface area contributed by atoms with E-state index in [1.165, 1.54) is 21.4 Å². The molecule has 1 aliphatic rings. The van der Waals surface area contributed by atoms with E-state index < -0.39 is 0 Å². The number of carbonyl (C=O) groups is 1. The summed E-state index contributed by atoms with van der Waals surface area (Å²) in [4.78, 5) is 22.6. The number of ether oxygens (including phenoxy) is 1. The Hall–Kier alpha value is -2.28. The Morgan fingerprint density at radius 2 is 1.94 bits per heavy atom. The number of nitrogens with zero attached hydrogens (tertiary/aromatic N) is 3. The lowest BCUT2D eigenvalue weighted by Crippen LogP contribution is -2.39. The van der Waals surface area contributed by atoms with Crippen LogP contribution in [0.25, 0.3) is 10.2 Å². The average Bonchev–Trinajstić information content (AvgIpc) is 3.16. The molecule has 0 spiro atoms. The third-order valence-corrected chi connectivity index (χ3v) is 6.97. The predicted molar refractivity (Wildman–Crippen MR) is 128 cm³/mol. The monoisotopic (exact) mass is 437 g/mol. The minimum Gasteiger partial charge on any atom is -0.379 e. The van der Waals surface area contributed by atoms with E-state index in [0.29, 0.717) is 13.0 Å². The highest BCUT2D eigenvalue weighted by Gasteiger charge is 2.21. The summed E-state index contributed by atoms with van der Waals surface area (Å²) in [6.45, 7) is 11.5. The average molecular weight is 438 g/mol. The van der Waals surface area contributed by atoms with E-state index in [4.69, 9.17) is 9.72 Å². The van der Waals surface area contributed by atoms with Crippen molar-refractivity contribution in [3.05, 3.63) is 58.7 Å². The first kappa shape index (κ1) is 21.9. The van der Waals surface area contributed by atoms with Crippen LogP contribution in [0.4, 0.5) is 5.13 Å². The molecule has 4 rings (SSSR count). The number of morpholine rings is 1. The van der Waals surface area contributed by atoms with Crippen molar-refractivity contribution in [2.75, 3.05) is 44.3 Å². The Morgan fingerprint density at radius 1 is 1.13 bits per heavy atom. The fraction of sp³-hybridized carbons (Fsp3) is 0.440. The zero-order chi connectivity index (χ0) is 21.8. The maximum absolute atomic E-state index is 13.4. The van der Waals surface area contributed by atoms with Gasteiger partial charge in [-0.2, -0.15) is 0 Å². The molecule has 1 aliphatic heterocycles. The Balaban J connectivity index is 1.55. The SMILES string of the molecule is Cc1cccc(CC(=O)N(CCCN2CCOCC2)c2nc3cc(C)cc(C)c3s2)c1. The van der Waals surface area contributed by atoms with Crippen LogP contribution in [0.3, 0.4) is 0 Å². The van der Waals surface area contributed by atoms with E-state index in [1.54, 1.807) is 11.3 Å². The molecule has 1 fully saturated rings. The summed E-state index contributed by atoms with van der Waals surface area (Å²) in [5.41, 5.74) is 5.63. The van der Waals surface area contributed by atoms with Gasteiger partial charge in [0.15, 0.2) is 5.13 Å². The largest absolute Gasteiger partial charge is 0.379 e. The number of anilines is 1. The number of benzene rings is 2. The molecule has 0 aliphatic carbocycles. The second-order valence-electron chi connectivity index (χ2n) is 8.45. The molecular formula is C25H31N3O2S. The van der Waals surface area contributed by atoms with E-state index in [-0.39, 0.29) is 5.91 Å². The molecular weight excluding hydrogens is 406 g/mol. The number of aromatic nitrogens is 1. The van der Waals surface area contributed by atoms with Gasteiger partial charge in [0.1, 0.15) is 0 Å². The number of aryl methyl sites for hydroxylation is 3. The van der Waals surface area contributed by atoms with E-state index in [1.807, 2.05) is 17.0 Å². The van der Waals surface area contributed by atoms with E-state index in [2.05, 4.69) is 49.9 Å². The van der Waals surface area contributed by atoms with E-state index in [9.17, 15) is 4.79 Å². The van der Waals surface area contributed by atoms with Crippen LogP contribution >= 0.6 is 11.3 Å². The number of carbonyl (C=O) groups excluding carboxylic acids is 1. The van der Waals surface area contributed by atoms with Gasteiger partial charge < -0.3 is 4.74 Å². The lowest BCUT2D eigenvalue weighted by atomic mass is 10.1. The zero-order valence-corrected chi connectivity index (χ0v) is 19.5. The third kappa shape index (κ3) is 5.50.